The molecule has 6 nitrogen and oxygen atoms in total. The lowest BCUT2D eigenvalue weighted by Gasteiger charge is -2.07. The van der Waals surface area contributed by atoms with Crippen LogP contribution in [0.4, 0.5) is 5.69 Å². The Hall–Kier alpha value is -3.02. The van der Waals surface area contributed by atoms with Gasteiger partial charge in [-0.05, 0) is 24.3 Å². The van der Waals surface area contributed by atoms with E-state index in [4.69, 9.17) is 9.52 Å². The number of imidazole rings is 1. The number of anilines is 1. The highest BCUT2D eigenvalue weighted by molar-refractivity contribution is 5.87. The van der Waals surface area contributed by atoms with Crippen molar-refractivity contribution in [1.82, 2.24) is 9.55 Å². The summed E-state index contributed by atoms with van der Waals surface area (Å²) in [7, 11) is 0. The van der Waals surface area contributed by atoms with E-state index in [0.29, 0.717) is 12.3 Å². The summed E-state index contributed by atoms with van der Waals surface area (Å²) in [5.74, 6) is -0.424. The van der Waals surface area contributed by atoms with Crippen LogP contribution in [0.15, 0.2) is 59.7 Å². The highest BCUT2D eigenvalue weighted by Crippen LogP contribution is 2.16. The van der Waals surface area contributed by atoms with Crippen molar-refractivity contribution in [3.05, 3.63) is 66.6 Å². The van der Waals surface area contributed by atoms with Crippen LogP contribution in [0.3, 0.4) is 0 Å². The molecule has 0 saturated heterocycles. The number of carboxylic acid groups (broad SMARTS) is 1. The van der Waals surface area contributed by atoms with Gasteiger partial charge in [-0.15, -0.1) is 0 Å². The zero-order valence-corrected chi connectivity index (χ0v) is 11.1. The summed E-state index contributed by atoms with van der Waals surface area (Å²) >= 11 is 0. The lowest BCUT2D eigenvalue weighted by molar-refractivity contribution is 0.0696. The van der Waals surface area contributed by atoms with E-state index < -0.39 is 5.97 Å². The predicted molar refractivity (Wildman–Crippen MR) is 76.6 cm³/mol. The van der Waals surface area contributed by atoms with E-state index in [-0.39, 0.29) is 5.56 Å². The van der Waals surface area contributed by atoms with Gasteiger partial charge in [-0.1, -0.05) is 6.07 Å². The number of furan rings is 1. The van der Waals surface area contributed by atoms with Gasteiger partial charge < -0.3 is 19.4 Å². The molecule has 6 heteroatoms. The zero-order valence-electron chi connectivity index (χ0n) is 11.1. The van der Waals surface area contributed by atoms with E-state index >= 15 is 0 Å². The molecule has 0 aliphatic rings. The third-order valence-corrected chi connectivity index (χ3v) is 3.02. The Balaban J connectivity index is 1.70. The van der Waals surface area contributed by atoms with E-state index in [9.17, 15) is 4.79 Å². The van der Waals surface area contributed by atoms with Gasteiger partial charge in [0.05, 0.1) is 18.4 Å². The van der Waals surface area contributed by atoms with Crippen LogP contribution < -0.4 is 5.32 Å². The quantitative estimate of drug-likeness (QED) is 0.752. The highest BCUT2D eigenvalue weighted by atomic mass is 16.4. The second-order valence-electron chi connectivity index (χ2n) is 4.48. The average Bonchev–Trinajstić information content (AvgIpc) is 3.17. The minimum atomic E-state index is -0.993. The molecule has 0 spiro atoms. The molecule has 3 rings (SSSR count). The molecule has 0 saturated carbocycles. The van der Waals surface area contributed by atoms with E-state index in [2.05, 4.69) is 10.3 Å². The largest absolute Gasteiger partial charge is 0.478 e. The first kappa shape index (κ1) is 13.0. The van der Waals surface area contributed by atoms with Gasteiger partial charge in [0.25, 0.3) is 0 Å². The van der Waals surface area contributed by atoms with Gasteiger partial charge in [0.1, 0.15) is 12.0 Å². The van der Waals surface area contributed by atoms with Crippen LogP contribution in [0.1, 0.15) is 16.1 Å². The maximum Gasteiger partial charge on any atom is 0.338 e. The number of nitrogens with one attached hydrogen (secondary N) is 1. The normalized spacial score (nSPS) is 10.5. The van der Waals surface area contributed by atoms with Gasteiger partial charge in [-0.25, -0.2) is 9.78 Å². The maximum absolute atomic E-state index is 10.8. The van der Waals surface area contributed by atoms with Gasteiger partial charge in [0, 0.05) is 23.8 Å². The third-order valence-electron chi connectivity index (χ3n) is 3.02. The van der Waals surface area contributed by atoms with Crippen LogP contribution >= 0.6 is 0 Å². The van der Waals surface area contributed by atoms with Crippen LogP contribution in [0.25, 0.3) is 5.69 Å². The number of aromatic carboxylic acids is 1. The Labute approximate surface area is 120 Å². The lowest BCUT2D eigenvalue weighted by Crippen LogP contribution is -1.99. The fourth-order valence-electron chi connectivity index (χ4n) is 1.96. The first-order chi connectivity index (χ1) is 10.2. The van der Waals surface area contributed by atoms with E-state index in [0.717, 1.165) is 11.4 Å². The SMILES string of the molecule is O=C(O)c1coc(CNc2cccc(-n3ccnc3)c2)c1. The molecule has 2 aromatic heterocycles. The Bertz CT molecular complexity index is 747. The highest BCUT2D eigenvalue weighted by Gasteiger charge is 2.08. The van der Waals surface area contributed by atoms with Crippen molar-refractivity contribution >= 4 is 11.7 Å². The number of hydrogen-bond donors (Lipinski definition) is 2. The molecule has 0 radical (unpaired) electrons. The Kier molecular flexibility index (Phi) is 3.42. The topological polar surface area (TPSA) is 80.3 Å². The van der Waals surface area contributed by atoms with E-state index in [1.807, 2.05) is 35.0 Å². The van der Waals surface area contributed by atoms with E-state index in [1.165, 1.54) is 12.3 Å². The summed E-state index contributed by atoms with van der Waals surface area (Å²) < 4.78 is 7.09. The van der Waals surface area contributed by atoms with Crippen molar-refractivity contribution in [3.63, 3.8) is 0 Å². The standard InChI is InChI=1S/C15H13N3O3/c19-15(20)11-6-14(21-9-11)8-17-12-2-1-3-13(7-12)18-5-4-16-10-18/h1-7,9-10,17H,8H2,(H,19,20). The molecular formula is C15H13N3O3. The fourth-order valence-corrected chi connectivity index (χ4v) is 1.96. The summed E-state index contributed by atoms with van der Waals surface area (Å²) in [6.07, 6.45) is 6.55. The molecule has 2 heterocycles. The number of nitrogens with zero attached hydrogens (tertiary/aromatic N) is 2. The molecule has 1 aromatic carbocycles. The lowest BCUT2D eigenvalue weighted by atomic mass is 10.2. The predicted octanol–water partition coefficient (Wildman–Crippen LogP) is 2.78. The van der Waals surface area contributed by atoms with Gasteiger partial charge in [-0.3, -0.25) is 0 Å². The van der Waals surface area contributed by atoms with Gasteiger partial charge in [0.15, 0.2) is 0 Å². The first-order valence-corrected chi connectivity index (χ1v) is 6.35. The molecule has 21 heavy (non-hydrogen) atoms. The molecular weight excluding hydrogens is 270 g/mol. The third kappa shape index (κ3) is 2.94. The number of rotatable bonds is 5. The van der Waals surface area contributed by atoms with Crippen LogP contribution in [0.2, 0.25) is 0 Å². The summed E-state index contributed by atoms with van der Waals surface area (Å²) in [6.45, 7) is 0.417. The summed E-state index contributed by atoms with van der Waals surface area (Å²) in [6, 6.07) is 9.32. The minimum absolute atomic E-state index is 0.152. The maximum atomic E-state index is 10.8. The molecule has 0 fully saturated rings. The molecule has 2 N–H and O–H groups in total. The number of carboxylic acids is 1. The first-order valence-electron chi connectivity index (χ1n) is 6.35. The van der Waals surface area contributed by atoms with Crippen molar-refractivity contribution in [2.75, 3.05) is 5.32 Å². The van der Waals surface area contributed by atoms with Crippen LogP contribution in [0, 0.1) is 0 Å². The summed E-state index contributed by atoms with van der Waals surface area (Å²) in [4.78, 5) is 14.8. The number of aromatic nitrogens is 2. The number of benzene rings is 1. The zero-order chi connectivity index (χ0) is 14.7. The van der Waals surface area contributed by atoms with Crippen molar-refractivity contribution < 1.29 is 14.3 Å². The second kappa shape index (κ2) is 5.54. The number of carbonyl (C=O) groups is 1. The molecule has 3 aromatic rings. The molecule has 106 valence electrons. The Morgan fingerprint density at radius 1 is 1.38 bits per heavy atom. The minimum Gasteiger partial charge on any atom is -0.478 e. The van der Waals surface area contributed by atoms with Gasteiger partial charge in [-0.2, -0.15) is 0 Å². The fraction of sp³-hybridized carbons (Fsp3) is 0.0667. The number of hydrogen-bond acceptors (Lipinski definition) is 4. The van der Waals surface area contributed by atoms with Crippen molar-refractivity contribution in [2.24, 2.45) is 0 Å². The summed E-state index contributed by atoms with van der Waals surface area (Å²) in [5, 5.41) is 12.0. The monoisotopic (exact) mass is 283 g/mol. The second-order valence-corrected chi connectivity index (χ2v) is 4.48. The molecule has 0 unspecified atom stereocenters. The van der Waals surface area contributed by atoms with Crippen LogP contribution in [-0.4, -0.2) is 20.6 Å². The summed E-state index contributed by atoms with van der Waals surface area (Å²) in [5.41, 5.74) is 2.05. The van der Waals surface area contributed by atoms with Crippen molar-refractivity contribution in [3.8, 4) is 5.69 Å². The van der Waals surface area contributed by atoms with Crippen molar-refractivity contribution in [1.29, 1.82) is 0 Å². The molecule has 0 aliphatic carbocycles. The molecule has 0 bridgehead atoms. The van der Waals surface area contributed by atoms with E-state index in [1.54, 1.807) is 12.5 Å². The van der Waals surface area contributed by atoms with Gasteiger partial charge in [0.2, 0.25) is 0 Å². The molecule has 0 atom stereocenters. The smallest absolute Gasteiger partial charge is 0.338 e. The Morgan fingerprint density at radius 3 is 3.00 bits per heavy atom. The van der Waals surface area contributed by atoms with Gasteiger partial charge >= 0.3 is 5.97 Å². The van der Waals surface area contributed by atoms with Crippen LogP contribution in [-0.2, 0) is 6.54 Å². The Morgan fingerprint density at radius 2 is 2.29 bits per heavy atom. The molecule has 0 amide bonds. The van der Waals surface area contributed by atoms with Crippen molar-refractivity contribution in [2.45, 2.75) is 6.54 Å². The molecule has 0 aliphatic heterocycles. The van der Waals surface area contributed by atoms with Crippen LogP contribution in [0.5, 0.6) is 0 Å². The average molecular weight is 283 g/mol.